The molecule has 0 aliphatic rings. The maximum absolute atomic E-state index is 13.1. The molecular weight excluding hydrogens is 1350 g/mol. The van der Waals surface area contributed by atoms with E-state index < -0.39 is 97.5 Å². The molecule has 0 aromatic rings. The predicted octanol–water partition coefficient (Wildman–Crippen LogP) is 25.3. The highest BCUT2D eigenvalue weighted by molar-refractivity contribution is 7.47. The first-order chi connectivity index (χ1) is 50.2. The van der Waals surface area contributed by atoms with E-state index in [1.165, 1.54) is 205 Å². The third-order valence-electron chi connectivity index (χ3n) is 19.3. The van der Waals surface area contributed by atoms with Crippen LogP contribution in [-0.2, 0) is 65.4 Å². The van der Waals surface area contributed by atoms with Crippen LogP contribution in [0.4, 0.5) is 0 Å². The molecule has 0 heterocycles. The number of phosphoric ester groups is 2. The average molecular weight is 1520 g/mol. The number of carbonyl (C=O) groups excluding carboxylic acids is 4. The minimum absolute atomic E-state index is 0.101. The number of hydrogen-bond donors (Lipinski definition) is 3. The van der Waals surface area contributed by atoms with Gasteiger partial charge in [-0.2, -0.15) is 0 Å². The Bertz CT molecular complexity index is 2100. The topological polar surface area (TPSA) is 237 Å². The van der Waals surface area contributed by atoms with Gasteiger partial charge in [-0.15, -0.1) is 0 Å². The van der Waals surface area contributed by atoms with Crippen molar-refractivity contribution in [2.45, 2.75) is 439 Å². The molecule has 104 heavy (non-hydrogen) atoms. The minimum atomic E-state index is -4.97. The molecule has 0 rings (SSSR count). The average Bonchev–Trinajstić information content (AvgIpc) is 0.913. The van der Waals surface area contributed by atoms with Crippen molar-refractivity contribution in [2.75, 3.05) is 39.6 Å². The third kappa shape index (κ3) is 77.7. The summed E-state index contributed by atoms with van der Waals surface area (Å²) in [6.45, 7) is 11.9. The number of aliphatic hydroxyl groups is 1. The summed E-state index contributed by atoms with van der Waals surface area (Å²) in [5.74, 6) is 0.186. The van der Waals surface area contributed by atoms with Crippen LogP contribution in [0.15, 0.2) is 24.3 Å². The SMILES string of the molecule is CCCCCC/C=C\C=C/CCCCCCCC(=O)OC[C@H](COP(=O)(O)OCC(O)COP(=O)(O)OC[C@@H](COC(=O)CCCCCCCCCC(C)C)OC(=O)CCCCCCCCCCCCCCCCCCCCC(C)C)OC(=O)CCCCCCCCCCCCCCCCCC(C)C. The second kappa shape index (κ2) is 74.6. The highest BCUT2D eigenvalue weighted by atomic mass is 31.2. The van der Waals surface area contributed by atoms with Gasteiger partial charge in [0.1, 0.15) is 19.3 Å². The molecule has 19 heteroatoms. The van der Waals surface area contributed by atoms with E-state index in [4.69, 9.17) is 37.0 Å². The Labute approximate surface area is 637 Å². The fourth-order valence-corrected chi connectivity index (χ4v) is 14.2. The molecule has 0 fully saturated rings. The Hall–Kier alpha value is -2.46. The first-order valence-electron chi connectivity index (χ1n) is 43.2. The number of hydrogen-bond acceptors (Lipinski definition) is 15. The first kappa shape index (κ1) is 102. The van der Waals surface area contributed by atoms with Crippen LogP contribution in [0.1, 0.15) is 421 Å². The summed E-state index contributed by atoms with van der Waals surface area (Å²) < 4.78 is 68.8. The number of phosphoric acid groups is 2. The fourth-order valence-electron chi connectivity index (χ4n) is 12.7. The Morgan fingerprint density at radius 1 is 0.298 bits per heavy atom. The largest absolute Gasteiger partial charge is 0.472 e. The van der Waals surface area contributed by atoms with Gasteiger partial charge in [-0.05, 0) is 69.1 Å². The minimum Gasteiger partial charge on any atom is -0.462 e. The van der Waals surface area contributed by atoms with Gasteiger partial charge < -0.3 is 33.8 Å². The normalized spacial score (nSPS) is 14.0. The number of ether oxygens (including phenoxy) is 4. The molecule has 0 amide bonds. The summed E-state index contributed by atoms with van der Waals surface area (Å²) in [5, 5.41) is 10.7. The van der Waals surface area contributed by atoms with Gasteiger partial charge in [0.15, 0.2) is 12.2 Å². The first-order valence-corrected chi connectivity index (χ1v) is 46.2. The zero-order valence-corrected chi connectivity index (χ0v) is 69.8. The summed E-state index contributed by atoms with van der Waals surface area (Å²) in [4.78, 5) is 73.1. The van der Waals surface area contributed by atoms with Gasteiger partial charge in [0, 0.05) is 25.7 Å². The third-order valence-corrected chi connectivity index (χ3v) is 21.2. The summed E-state index contributed by atoms with van der Waals surface area (Å²) in [6, 6.07) is 0. The summed E-state index contributed by atoms with van der Waals surface area (Å²) in [6.07, 6.45) is 67.6. The monoisotopic (exact) mass is 1520 g/mol. The van der Waals surface area contributed by atoms with Gasteiger partial charge in [-0.3, -0.25) is 37.3 Å². The van der Waals surface area contributed by atoms with Gasteiger partial charge in [-0.25, -0.2) is 9.13 Å². The second-order valence-electron chi connectivity index (χ2n) is 31.3. The van der Waals surface area contributed by atoms with E-state index in [-0.39, 0.29) is 25.7 Å². The van der Waals surface area contributed by atoms with Crippen molar-refractivity contribution in [3.8, 4) is 0 Å². The molecule has 17 nitrogen and oxygen atoms in total. The smallest absolute Gasteiger partial charge is 0.462 e. The lowest BCUT2D eigenvalue weighted by atomic mass is 10.0. The molecule has 0 aromatic carbocycles. The molecule has 3 unspecified atom stereocenters. The molecule has 0 radical (unpaired) electrons. The number of rotatable bonds is 81. The number of esters is 4. The molecule has 0 aliphatic carbocycles. The van der Waals surface area contributed by atoms with Crippen molar-refractivity contribution in [3.63, 3.8) is 0 Å². The number of allylic oxidation sites excluding steroid dienone is 4. The molecule has 614 valence electrons. The summed E-state index contributed by atoms with van der Waals surface area (Å²) in [7, 11) is -9.94. The zero-order chi connectivity index (χ0) is 76.5. The van der Waals surface area contributed by atoms with Crippen molar-refractivity contribution in [1.82, 2.24) is 0 Å². The lowest BCUT2D eigenvalue weighted by Gasteiger charge is -2.21. The van der Waals surface area contributed by atoms with Gasteiger partial charge in [0.2, 0.25) is 0 Å². The van der Waals surface area contributed by atoms with Crippen molar-refractivity contribution in [2.24, 2.45) is 17.8 Å². The van der Waals surface area contributed by atoms with Crippen LogP contribution in [0.3, 0.4) is 0 Å². The molecule has 0 aromatic heterocycles. The van der Waals surface area contributed by atoms with Crippen LogP contribution in [0.2, 0.25) is 0 Å². The number of unbranched alkanes of at least 4 members (excludes halogenated alkanes) is 46. The highest BCUT2D eigenvalue weighted by Crippen LogP contribution is 2.45. The van der Waals surface area contributed by atoms with Crippen LogP contribution in [0.5, 0.6) is 0 Å². The van der Waals surface area contributed by atoms with Gasteiger partial charge in [0.25, 0.3) is 0 Å². The van der Waals surface area contributed by atoms with E-state index in [0.29, 0.717) is 31.6 Å². The zero-order valence-electron chi connectivity index (χ0n) is 68.0. The van der Waals surface area contributed by atoms with E-state index in [1.807, 2.05) is 0 Å². The van der Waals surface area contributed by atoms with Crippen LogP contribution in [0.25, 0.3) is 0 Å². The standard InChI is InChI=1S/C85H162O17P2/c1-8-9-10-11-12-13-14-15-21-28-33-38-45-52-59-66-82(87)95-72-80(101-84(89)68-62-55-47-40-35-30-25-20-23-27-32-37-43-50-57-64-77(4)5)74-99-103(91,92)97-70-79(86)71-98-104(93,94)100-75-81(73-96-83(88)67-60-53-48-41-44-51-58-65-78(6)7)102-85(90)69-61-54-46-39-34-29-24-19-17-16-18-22-26-31-36-42-49-56-63-76(2)3/h13-15,21,76-81,86H,8-12,16-20,22-75H2,1-7H3,(H,91,92)(H,93,94)/b14-13-,21-15-/t79?,80-,81-/m1/s1. The van der Waals surface area contributed by atoms with E-state index in [2.05, 4.69) is 72.8 Å². The molecule has 0 saturated heterocycles. The Morgan fingerprint density at radius 2 is 0.519 bits per heavy atom. The molecule has 0 bridgehead atoms. The molecule has 5 atom stereocenters. The molecule has 0 spiro atoms. The predicted molar refractivity (Wildman–Crippen MR) is 427 cm³/mol. The van der Waals surface area contributed by atoms with E-state index in [1.54, 1.807) is 0 Å². The van der Waals surface area contributed by atoms with E-state index >= 15 is 0 Å². The maximum atomic E-state index is 13.1. The van der Waals surface area contributed by atoms with Crippen molar-refractivity contribution in [3.05, 3.63) is 24.3 Å². The Kier molecular flexibility index (Phi) is 72.9. The second-order valence-corrected chi connectivity index (χ2v) is 34.2. The molecule has 0 aliphatic heterocycles. The van der Waals surface area contributed by atoms with Gasteiger partial charge in [0.05, 0.1) is 26.4 Å². The lowest BCUT2D eigenvalue weighted by molar-refractivity contribution is -0.161. The maximum Gasteiger partial charge on any atom is 0.472 e. The van der Waals surface area contributed by atoms with Crippen LogP contribution in [0, 0.1) is 17.8 Å². The van der Waals surface area contributed by atoms with Gasteiger partial charge in [-0.1, -0.05) is 368 Å². The number of aliphatic hydroxyl groups excluding tert-OH is 1. The highest BCUT2D eigenvalue weighted by Gasteiger charge is 2.30. The molecule has 3 N–H and O–H groups in total. The van der Waals surface area contributed by atoms with Crippen molar-refractivity contribution < 1.29 is 80.2 Å². The number of carbonyl (C=O) groups is 4. The van der Waals surface area contributed by atoms with Gasteiger partial charge >= 0.3 is 39.5 Å². The van der Waals surface area contributed by atoms with Crippen LogP contribution >= 0.6 is 15.6 Å². The summed E-state index contributed by atoms with van der Waals surface area (Å²) >= 11 is 0. The van der Waals surface area contributed by atoms with E-state index in [9.17, 15) is 43.2 Å². The quantitative estimate of drug-likeness (QED) is 0.0169. The Morgan fingerprint density at radius 3 is 0.779 bits per heavy atom. The molecule has 0 saturated carbocycles. The van der Waals surface area contributed by atoms with Crippen LogP contribution in [-0.4, -0.2) is 96.7 Å². The van der Waals surface area contributed by atoms with E-state index in [0.717, 1.165) is 127 Å². The lowest BCUT2D eigenvalue weighted by Crippen LogP contribution is -2.30. The summed E-state index contributed by atoms with van der Waals surface area (Å²) in [5.41, 5.74) is 0. The molecular formula is C85H162O17P2. The fraction of sp³-hybridized carbons (Fsp3) is 0.906. The van der Waals surface area contributed by atoms with Crippen molar-refractivity contribution in [1.29, 1.82) is 0 Å². The Balaban J connectivity index is 5.24. The van der Waals surface area contributed by atoms with Crippen LogP contribution < -0.4 is 0 Å². The van der Waals surface area contributed by atoms with Crippen molar-refractivity contribution >= 4 is 39.5 Å².